The van der Waals surface area contributed by atoms with E-state index in [9.17, 15) is 0 Å². The Labute approximate surface area is 414 Å². The lowest BCUT2D eigenvalue weighted by Crippen LogP contribution is -2.61. The van der Waals surface area contributed by atoms with Crippen molar-refractivity contribution in [1.82, 2.24) is 0 Å². The molecule has 0 atom stereocenters. The van der Waals surface area contributed by atoms with Gasteiger partial charge in [0, 0.05) is 43.5 Å². The number of hydrogen-bond acceptors (Lipinski definition) is 4. The van der Waals surface area contributed by atoms with Crippen LogP contribution in [0.25, 0.3) is 42.3 Å². The monoisotopic (exact) mass is 920 g/mol. The van der Waals surface area contributed by atoms with E-state index in [1.165, 1.54) is 98.2 Å². The number of nitrogens with zero attached hydrogens (tertiary/aromatic N) is 2. The van der Waals surface area contributed by atoms with Crippen molar-refractivity contribution in [2.45, 2.75) is 130 Å². The summed E-state index contributed by atoms with van der Waals surface area (Å²) < 4.78 is 10.2. The molecule has 5 heteroatoms. The Kier molecular flexibility index (Phi) is 9.45. The maximum atomic E-state index is 7.61. The highest BCUT2D eigenvalue weighted by Crippen LogP contribution is 2.54. The first kappa shape index (κ1) is 44.2. The molecule has 0 N–H and O–H groups in total. The van der Waals surface area contributed by atoms with Crippen LogP contribution in [-0.4, -0.2) is 6.71 Å². The predicted molar refractivity (Wildman–Crippen MR) is 300 cm³/mol. The summed E-state index contributed by atoms with van der Waals surface area (Å²) in [6, 6.07) is 51.7. The molecule has 9 aromatic rings. The summed E-state index contributed by atoms with van der Waals surface area (Å²) >= 11 is 1.93. The van der Waals surface area contributed by atoms with Crippen molar-refractivity contribution in [3.8, 4) is 11.1 Å². The van der Waals surface area contributed by atoms with Crippen molar-refractivity contribution in [2.75, 3.05) is 9.80 Å². The van der Waals surface area contributed by atoms with Crippen LogP contribution < -0.4 is 26.4 Å². The molecule has 0 radical (unpaired) electrons. The summed E-state index contributed by atoms with van der Waals surface area (Å²) in [6.07, 6.45) is 2.30. The molecule has 2 aliphatic heterocycles. The maximum Gasteiger partial charge on any atom is 0.297 e. The van der Waals surface area contributed by atoms with E-state index in [1.54, 1.807) is 0 Å². The van der Waals surface area contributed by atoms with Gasteiger partial charge in [0.15, 0.2) is 0 Å². The van der Waals surface area contributed by atoms with E-state index in [-0.39, 0.29) is 33.8 Å². The highest BCUT2D eigenvalue weighted by molar-refractivity contribution is 7.26. The standard InChI is InChI=1S/C64H65BN2OS/c1-60(2,3)39-22-26-42(27-23-39)66-51-20-17-21-52-55(51)65(59-56(66)46-36-47-48(37-53(46)68-59)64(12,13)33-32-63(47,10)11)49-29-28-43-45-35-41(62(7,8)9)25-31-54(45)69-58(43)57(49)67(52)50-30-24-40(61(4,5)6)34-44(50)38-18-15-14-16-19-38/h14-31,34-37H,32-33H2,1-13H3. The second-order valence-electron chi connectivity index (χ2n) is 24.9. The molecule has 0 saturated carbocycles. The largest absolute Gasteiger partial charge is 0.468 e. The molecule has 346 valence electrons. The molecule has 0 unspecified atom stereocenters. The third kappa shape index (κ3) is 6.73. The molecule has 0 amide bonds. The summed E-state index contributed by atoms with van der Waals surface area (Å²) in [5.41, 5.74) is 21.0. The summed E-state index contributed by atoms with van der Waals surface area (Å²) in [4.78, 5) is 5.19. The Morgan fingerprint density at radius 2 is 1.13 bits per heavy atom. The van der Waals surface area contributed by atoms with E-state index in [0.717, 1.165) is 35.5 Å². The highest BCUT2D eigenvalue weighted by Gasteiger charge is 2.48. The summed E-state index contributed by atoms with van der Waals surface area (Å²) in [7, 11) is 0. The maximum absolute atomic E-state index is 7.61. The average molecular weight is 921 g/mol. The van der Waals surface area contributed by atoms with Crippen LogP contribution in [0.1, 0.15) is 131 Å². The van der Waals surface area contributed by atoms with Gasteiger partial charge in [0.1, 0.15) is 5.58 Å². The van der Waals surface area contributed by atoms with Crippen LogP contribution in [0.3, 0.4) is 0 Å². The first-order chi connectivity index (χ1) is 32.6. The molecule has 0 fully saturated rings. The van der Waals surface area contributed by atoms with Gasteiger partial charge in [-0.3, -0.25) is 0 Å². The fraction of sp³-hybridized carbons (Fsp3) is 0.312. The number of rotatable bonds is 3. The van der Waals surface area contributed by atoms with Gasteiger partial charge < -0.3 is 14.2 Å². The Morgan fingerprint density at radius 1 is 0.522 bits per heavy atom. The van der Waals surface area contributed by atoms with Gasteiger partial charge in [0.05, 0.1) is 27.4 Å². The topological polar surface area (TPSA) is 19.6 Å². The Bertz CT molecular complexity index is 3570. The number of thiophene rings is 1. The number of benzene rings is 7. The Hall–Kier alpha value is -6.04. The summed E-state index contributed by atoms with van der Waals surface area (Å²) in [6.45, 7) is 30.4. The van der Waals surface area contributed by atoms with Gasteiger partial charge >= 0.3 is 0 Å². The zero-order chi connectivity index (χ0) is 48.3. The van der Waals surface area contributed by atoms with Crippen molar-refractivity contribution in [1.29, 1.82) is 0 Å². The fourth-order valence-corrected chi connectivity index (χ4v) is 13.2. The van der Waals surface area contributed by atoms with Crippen molar-refractivity contribution in [3.05, 3.63) is 161 Å². The number of hydrogen-bond donors (Lipinski definition) is 0. The quantitative estimate of drug-likeness (QED) is 0.165. The lowest BCUT2D eigenvalue weighted by atomic mass is 9.35. The van der Waals surface area contributed by atoms with E-state index in [2.05, 4.69) is 233 Å². The molecular weight excluding hydrogens is 856 g/mol. The first-order valence-corrected chi connectivity index (χ1v) is 26.1. The number of furan rings is 1. The molecule has 7 aromatic carbocycles. The minimum absolute atomic E-state index is 0.0256. The zero-order valence-corrected chi connectivity index (χ0v) is 43.7. The van der Waals surface area contributed by atoms with E-state index < -0.39 is 0 Å². The van der Waals surface area contributed by atoms with Gasteiger partial charge in [-0.15, -0.1) is 11.3 Å². The zero-order valence-electron chi connectivity index (χ0n) is 42.9. The molecule has 0 bridgehead atoms. The van der Waals surface area contributed by atoms with Gasteiger partial charge in [-0.25, -0.2) is 0 Å². The normalized spacial score (nSPS) is 16.2. The van der Waals surface area contributed by atoms with Crippen LogP contribution >= 0.6 is 11.3 Å². The molecule has 12 rings (SSSR count). The molecule has 69 heavy (non-hydrogen) atoms. The average Bonchev–Trinajstić information content (AvgIpc) is 3.87. The summed E-state index contributed by atoms with van der Waals surface area (Å²) in [5.74, 6) is 0. The van der Waals surface area contributed by atoms with Gasteiger partial charge in [0.25, 0.3) is 6.71 Å². The molecule has 0 saturated heterocycles. The van der Waals surface area contributed by atoms with Crippen LogP contribution in [-0.2, 0) is 27.1 Å². The lowest BCUT2D eigenvalue weighted by molar-refractivity contribution is 0.332. The molecule has 2 aromatic heterocycles. The van der Waals surface area contributed by atoms with Gasteiger partial charge in [-0.05, 0) is 145 Å². The van der Waals surface area contributed by atoms with Crippen LogP contribution in [0, 0.1) is 0 Å². The minimum Gasteiger partial charge on any atom is -0.468 e. The van der Waals surface area contributed by atoms with E-state index >= 15 is 0 Å². The van der Waals surface area contributed by atoms with Crippen LogP contribution in [0.5, 0.6) is 0 Å². The number of anilines is 6. The SMILES string of the molecule is CC(C)(C)c1ccc(N2c3cccc4c3B(c3ccc5c(sc6ccc(C(C)(C)C)cc65)c3N4c3ccc(C(C)(C)C)cc3-c3ccccc3)c3oc4cc5c(cc4c32)C(C)(C)CCC5(C)C)cc1. The Morgan fingerprint density at radius 3 is 1.80 bits per heavy atom. The van der Waals surface area contributed by atoms with E-state index in [1.807, 2.05) is 11.3 Å². The third-order valence-electron chi connectivity index (χ3n) is 16.2. The lowest BCUT2D eigenvalue weighted by Gasteiger charge is -2.43. The molecule has 0 spiro atoms. The first-order valence-electron chi connectivity index (χ1n) is 25.2. The molecule has 1 aliphatic carbocycles. The molecular formula is C64H65BN2OS. The Balaban J connectivity index is 1.22. The van der Waals surface area contributed by atoms with Gasteiger partial charge in [-0.1, -0.05) is 163 Å². The minimum atomic E-state index is -0.151. The van der Waals surface area contributed by atoms with Crippen LogP contribution in [0.2, 0.25) is 0 Å². The van der Waals surface area contributed by atoms with Crippen molar-refractivity contribution < 1.29 is 4.42 Å². The van der Waals surface area contributed by atoms with Gasteiger partial charge in [-0.2, -0.15) is 0 Å². The predicted octanol–water partition coefficient (Wildman–Crippen LogP) is 16.8. The van der Waals surface area contributed by atoms with Crippen LogP contribution in [0.15, 0.2) is 138 Å². The second-order valence-corrected chi connectivity index (χ2v) is 25.9. The smallest absolute Gasteiger partial charge is 0.297 e. The van der Waals surface area contributed by atoms with Crippen molar-refractivity contribution in [2.24, 2.45) is 0 Å². The van der Waals surface area contributed by atoms with Crippen LogP contribution in [0.4, 0.5) is 34.1 Å². The second kappa shape index (κ2) is 14.7. The van der Waals surface area contributed by atoms with E-state index in [0.29, 0.717) is 0 Å². The third-order valence-corrected chi connectivity index (χ3v) is 17.4. The summed E-state index contributed by atoms with van der Waals surface area (Å²) in [5, 5.41) is 3.82. The fourth-order valence-electron chi connectivity index (χ4n) is 11.9. The highest BCUT2D eigenvalue weighted by atomic mass is 32.1. The van der Waals surface area contributed by atoms with Crippen molar-refractivity contribution in [3.63, 3.8) is 0 Å². The van der Waals surface area contributed by atoms with E-state index in [4.69, 9.17) is 4.42 Å². The van der Waals surface area contributed by atoms with Gasteiger partial charge in [0.2, 0.25) is 0 Å². The molecule has 4 heterocycles. The molecule has 3 nitrogen and oxygen atoms in total. The number of fused-ring (bicyclic) bond motifs is 11. The molecule has 3 aliphatic rings. The van der Waals surface area contributed by atoms with Crippen molar-refractivity contribution >= 4 is 99.9 Å².